The minimum absolute atomic E-state index is 0.0422. The third-order valence-electron chi connectivity index (χ3n) is 4.76. The molecule has 0 N–H and O–H groups in total. The van der Waals surface area contributed by atoms with E-state index in [4.69, 9.17) is 9.26 Å². The summed E-state index contributed by atoms with van der Waals surface area (Å²) >= 11 is 0. The lowest BCUT2D eigenvalue weighted by atomic mass is 10.0. The van der Waals surface area contributed by atoms with Crippen molar-refractivity contribution in [2.45, 2.75) is 25.3 Å². The number of amides is 1. The Morgan fingerprint density at radius 2 is 1.93 bits per heavy atom. The van der Waals surface area contributed by atoms with Crippen LogP contribution in [0.3, 0.4) is 0 Å². The van der Waals surface area contributed by atoms with Crippen molar-refractivity contribution < 1.29 is 18.4 Å². The molecule has 1 fully saturated rings. The van der Waals surface area contributed by atoms with E-state index in [9.17, 15) is 9.18 Å². The minimum Gasteiger partial charge on any atom is -0.484 e. The molecule has 0 radical (unpaired) electrons. The predicted molar refractivity (Wildman–Crippen MR) is 99.9 cm³/mol. The zero-order valence-electron chi connectivity index (χ0n) is 15.3. The number of halogens is 1. The fourth-order valence-corrected chi connectivity index (χ4v) is 3.32. The molecule has 1 amide bonds. The molecule has 1 atom stereocenters. The van der Waals surface area contributed by atoms with Crippen LogP contribution in [-0.4, -0.2) is 34.1 Å². The topological polar surface area (TPSA) is 68.5 Å². The van der Waals surface area contributed by atoms with Crippen molar-refractivity contribution in [1.29, 1.82) is 0 Å². The van der Waals surface area contributed by atoms with E-state index in [0.29, 0.717) is 29.6 Å². The van der Waals surface area contributed by atoms with Crippen molar-refractivity contribution in [3.8, 4) is 17.1 Å². The molecule has 144 valence electrons. The smallest absolute Gasteiger partial charge is 0.261 e. The van der Waals surface area contributed by atoms with Gasteiger partial charge in [-0.15, -0.1) is 0 Å². The monoisotopic (exact) mass is 381 g/mol. The number of piperidine rings is 1. The quantitative estimate of drug-likeness (QED) is 0.668. The fraction of sp³-hybridized carbons (Fsp3) is 0.286. The van der Waals surface area contributed by atoms with Gasteiger partial charge in [-0.05, 0) is 55.7 Å². The second kappa shape index (κ2) is 8.21. The molecule has 7 heteroatoms. The number of ether oxygens (including phenoxy) is 1. The van der Waals surface area contributed by atoms with Crippen LogP contribution in [0.5, 0.6) is 5.75 Å². The van der Waals surface area contributed by atoms with E-state index in [2.05, 4.69) is 10.1 Å². The SMILES string of the molecule is O=C(COc1ccccc1)N1CCCC[C@H]1c1nc(-c2ccc(F)cc2)no1. The number of para-hydroxylation sites is 1. The number of aromatic nitrogens is 2. The van der Waals surface area contributed by atoms with Crippen molar-refractivity contribution in [1.82, 2.24) is 15.0 Å². The average Bonchev–Trinajstić information content (AvgIpc) is 3.23. The van der Waals surface area contributed by atoms with Gasteiger partial charge in [0.05, 0.1) is 0 Å². The van der Waals surface area contributed by atoms with Crippen LogP contribution in [-0.2, 0) is 4.79 Å². The lowest BCUT2D eigenvalue weighted by Crippen LogP contribution is -2.41. The fourth-order valence-electron chi connectivity index (χ4n) is 3.32. The molecule has 0 saturated carbocycles. The highest BCUT2D eigenvalue weighted by molar-refractivity contribution is 5.78. The van der Waals surface area contributed by atoms with Crippen molar-refractivity contribution >= 4 is 5.91 Å². The van der Waals surface area contributed by atoms with E-state index in [1.54, 1.807) is 17.0 Å². The second-order valence-electron chi connectivity index (χ2n) is 6.66. The summed E-state index contributed by atoms with van der Waals surface area (Å²) in [6.45, 7) is 0.579. The number of benzene rings is 2. The highest BCUT2D eigenvalue weighted by Gasteiger charge is 2.32. The van der Waals surface area contributed by atoms with Gasteiger partial charge in [0.2, 0.25) is 11.7 Å². The molecule has 3 aromatic rings. The van der Waals surface area contributed by atoms with Crippen LogP contribution in [0, 0.1) is 5.82 Å². The van der Waals surface area contributed by atoms with Gasteiger partial charge < -0.3 is 14.2 Å². The standard InChI is InChI=1S/C21H20FN3O3/c22-16-11-9-15(10-12-16)20-23-21(28-24-20)18-8-4-5-13-25(18)19(26)14-27-17-6-2-1-3-7-17/h1-3,6-7,9-12,18H,4-5,8,13-14H2/t18-/m0/s1. The number of hydrogen-bond acceptors (Lipinski definition) is 5. The Hall–Kier alpha value is -3.22. The zero-order chi connectivity index (χ0) is 19.3. The Bertz CT molecular complexity index is 928. The van der Waals surface area contributed by atoms with Crippen LogP contribution in [0.4, 0.5) is 4.39 Å². The molecule has 2 heterocycles. The number of nitrogens with zero attached hydrogens (tertiary/aromatic N) is 3. The van der Waals surface area contributed by atoms with E-state index in [0.717, 1.165) is 19.3 Å². The van der Waals surface area contributed by atoms with Crippen LogP contribution in [0.1, 0.15) is 31.2 Å². The zero-order valence-corrected chi connectivity index (χ0v) is 15.3. The van der Waals surface area contributed by atoms with E-state index in [-0.39, 0.29) is 24.4 Å². The van der Waals surface area contributed by atoms with Crippen LogP contribution in [0.15, 0.2) is 59.1 Å². The van der Waals surface area contributed by atoms with Gasteiger partial charge in [0, 0.05) is 12.1 Å². The van der Waals surface area contributed by atoms with Gasteiger partial charge in [0.15, 0.2) is 6.61 Å². The second-order valence-corrected chi connectivity index (χ2v) is 6.66. The largest absolute Gasteiger partial charge is 0.484 e. The van der Waals surface area contributed by atoms with Crippen molar-refractivity contribution in [2.24, 2.45) is 0 Å². The first-order chi connectivity index (χ1) is 13.7. The lowest BCUT2D eigenvalue weighted by molar-refractivity contribution is -0.138. The van der Waals surface area contributed by atoms with E-state index in [1.165, 1.54) is 12.1 Å². The van der Waals surface area contributed by atoms with Crippen LogP contribution in [0.25, 0.3) is 11.4 Å². The van der Waals surface area contributed by atoms with Crippen molar-refractivity contribution in [3.63, 3.8) is 0 Å². The van der Waals surface area contributed by atoms with E-state index in [1.807, 2.05) is 30.3 Å². The molecule has 1 aromatic heterocycles. The molecule has 1 aliphatic rings. The normalized spacial score (nSPS) is 16.8. The van der Waals surface area contributed by atoms with Crippen molar-refractivity contribution in [3.05, 3.63) is 66.3 Å². The Labute approximate surface area is 161 Å². The summed E-state index contributed by atoms with van der Waals surface area (Å²) in [5, 5.41) is 4.00. The Morgan fingerprint density at radius 1 is 1.14 bits per heavy atom. The van der Waals surface area contributed by atoms with Gasteiger partial charge in [-0.3, -0.25) is 4.79 Å². The molecule has 2 aromatic carbocycles. The predicted octanol–water partition coefficient (Wildman–Crippen LogP) is 4.01. The molecule has 1 saturated heterocycles. The first-order valence-corrected chi connectivity index (χ1v) is 9.27. The average molecular weight is 381 g/mol. The number of carbonyl (C=O) groups excluding carboxylic acids is 1. The summed E-state index contributed by atoms with van der Waals surface area (Å²) in [5.74, 6) is 0.992. The van der Waals surface area contributed by atoms with Gasteiger partial charge in [-0.2, -0.15) is 4.98 Å². The molecule has 6 nitrogen and oxygen atoms in total. The summed E-state index contributed by atoms with van der Waals surface area (Å²) in [6.07, 6.45) is 2.65. The highest BCUT2D eigenvalue weighted by atomic mass is 19.1. The maximum Gasteiger partial charge on any atom is 0.261 e. The molecule has 0 unspecified atom stereocenters. The first kappa shape index (κ1) is 18.2. The number of rotatable bonds is 5. The summed E-state index contributed by atoms with van der Waals surface area (Å²) in [4.78, 5) is 18.9. The lowest BCUT2D eigenvalue weighted by Gasteiger charge is -2.33. The number of likely N-dealkylation sites (tertiary alicyclic amines) is 1. The summed E-state index contributed by atoms with van der Waals surface area (Å²) in [5.41, 5.74) is 0.664. The highest BCUT2D eigenvalue weighted by Crippen LogP contribution is 2.31. The number of hydrogen-bond donors (Lipinski definition) is 0. The Balaban J connectivity index is 1.47. The maximum absolute atomic E-state index is 13.1. The summed E-state index contributed by atoms with van der Waals surface area (Å²) in [7, 11) is 0. The molecule has 0 bridgehead atoms. The van der Waals surface area contributed by atoms with Gasteiger partial charge in [-0.1, -0.05) is 23.4 Å². The molecular weight excluding hydrogens is 361 g/mol. The van der Waals surface area contributed by atoms with Gasteiger partial charge in [0.1, 0.15) is 17.6 Å². The summed E-state index contributed by atoms with van der Waals surface area (Å²) < 4.78 is 24.2. The molecule has 1 aliphatic heterocycles. The first-order valence-electron chi connectivity index (χ1n) is 9.27. The Morgan fingerprint density at radius 3 is 2.71 bits per heavy atom. The van der Waals surface area contributed by atoms with E-state index < -0.39 is 0 Å². The van der Waals surface area contributed by atoms with Gasteiger partial charge in [0.25, 0.3) is 5.91 Å². The van der Waals surface area contributed by atoms with Crippen molar-refractivity contribution in [2.75, 3.05) is 13.2 Å². The molecule has 0 spiro atoms. The Kier molecular flexibility index (Phi) is 5.32. The molecule has 4 rings (SSSR count). The van der Waals surface area contributed by atoms with E-state index >= 15 is 0 Å². The third-order valence-corrected chi connectivity index (χ3v) is 4.76. The van der Waals surface area contributed by atoms with Gasteiger partial charge in [-0.25, -0.2) is 4.39 Å². The number of carbonyl (C=O) groups is 1. The summed E-state index contributed by atoms with van der Waals surface area (Å²) in [6, 6.07) is 14.9. The van der Waals surface area contributed by atoms with Crippen LogP contribution in [0.2, 0.25) is 0 Å². The minimum atomic E-state index is -0.324. The molecular formula is C21H20FN3O3. The van der Waals surface area contributed by atoms with Crippen LogP contribution >= 0.6 is 0 Å². The maximum atomic E-state index is 13.1. The van der Waals surface area contributed by atoms with Gasteiger partial charge >= 0.3 is 0 Å². The molecule has 28 heavy (non-hydrogen) atoms. The van der Waals surface area contributed by atoms with Crippen LogP contribution < -0.4 is 4.74 Å². The molecule has 0 aliphatic carbocycles. The third kappa shape index (κ3) is 4.03.